The van der Waals surface area contributed by atoms with Gasteiger partial charge in [0.1, 0.15) is 0 Å². The quantitative estimate of drug-likeness (QED) is 0.562. The predicted molar refractivity (Wildman–Crippen MR) is 57.7 cm³/mol. The van der Waals surface area contributed by atoms with Gasteiger partial charge in [-0.25, -0.2) is 13.6 Å². The molecule has 9 heteroatoms. The number of nitrogens with zero attached hydrogens (tertiary/aromatic N) is 1. The van der Waals surface area contributed by atoms with Gasteiger partial charge >= 0.3 is 0 Å². The standard InChI is InChI=1S/C8H9N3O5S/c1-4-6(11(13)14)2-5(8(9)12)3-7(4)17(10,15)16/h2-3H,1H3,(H2,9,12)(H2,10,15,16). The maximum atomic E-state index is 11.2. The van der Waals surface area contributed by atoms with Crippen LogP contribution in [0.1, 0.15) is 15.9 Å². The van der Waals surface area contributed by atoms with Crippen LogP contribution in [0.5, 0.6) is 0 Å². The van der Waals surface area contributed by atoms with Gasteiger partial charge < -0.3 is 5.73 Å². The van der Waals surface area contributed by atoms with Gasteiger partial charge in [0, 0.05) is 17.2 Å². The maximum absolute atomic E-state index is 11.2. The number of nitro groups is 1. The van der Waals surface area contributed by atoms with E-state index >= 15 is 0 Å². The van der Waals surface area contributed by atoms with Gasteiger partial charge in [-0.3, -0.25) is 14.9 Å². The van der Waals surface area contributed by atoms with Crippen molar-refractivity contribution < 1.29 is 18.1 Å². The zero-order chi connectivity index (χ0) is 13.4. The molecule has 4 N–H and O–H groups in total. The Kier molecular flexibility index (Phi) is 3.16. The van der Waals surface area contributed by atoms with Crippen LogP contribution >= 0.6 is 0 Å². The van der Waals surface area contributed by atoms with Gasteiger partial charge in [0.15, 0.2) is 0 Å². The molecule has 17 heavy (non-hydrogen) atoms. The van der Waals surface area contributed by atoms with Gasteiger partial charge in [-0.05, 0) is 13.0 Å². The van der Waals surface area contributed by atoms with Gasteiger partial charge in [0.2, 0.25) is 15.9 Å². The van der Waals surface area contributed by atoms with Crippen molar-refractivity contribution >= 4 is 21.6 Å². The predicted octanol–water partition coefficient (Wildman–Crippen LogP) is -0.350. The molecule has 1 aromatic carbocycles. The summed E-state index contributed by atoms with van der Waals surface area (Å²) in [5.41, 5.74) is 4.00. The molecule has 0 spiro atoms. The highest BCUT2D eigenvalue weighted by Crippen LogP contribution is 2.26. The molecule has 0 aliphatic heterocycles. The van der Waals surface area contributed by atoms with E-state index in [2.05, 4.69) is 0 Å². The molecule has 1 amide bonds. The fourth-order valence-corrected chi connectivity index (χ4v) is 2.12. The minimum Gasteiger partial charge on any atom is -0.366 e. The molecule has 0 aromatic heterocycles. The number of amides is 1. The topological polar surface area (TPSA) is 146 Å². The Hall–Kier alpha value is -2.00. The van der Waals surface area contributed by atoms with E-state index in [1.54, 1.807) is 0 Å². The molecule has 0 aliphatic carbocycles. The largest absolute Gasteiger partial charge is 0.366 e. The second-order valence-electron chi connectivity index (χ2n) is 3.28. The Bertz CT molecular complexity index is 608. The lowest BCUT2D eigenvalue weighted by molar-refractivity contribution is -0.385. The fraction of sp³-hybridized carbons (Fsp3) is 0.125. The second-order valence-corrected chi connectivity index (χ2v) is 4.81. The van der Waals surface area contributed by atoms with E-state index in [9.17, 15) is 23.3 Å². The summed E-state index contributed by atoms with van der Waals surface area (Å²) >= 11 is 0. The van der Waals surface area contributed by atoms with Gasteiger partial charge in [-0.15, -0.1) is 0 Å². The SMILES string of the molecule is Cc1c([N+](=O)[O-])cc(C(N)=O)cc1S(N)(=O)=O. The highest BCUT2D eigenvalue weighted by molar-refractivity contribution is 7.89. The molecule has 8 nitrogen and oxygen atoms in total. The molecule has 92 valence electrons. The van der Waals surface area contributed by atoms with Crippen LogP contribution in [0.4, 0.5) is 5.69 Å². The van der Waals surface area contributed by atoms with Crippen LogP contribution < -0.4 is 10.9 Å². The summed E-state index contributed by atoms with van der Waals surface area (Å²) in [5.74, 6) is -0.974. The van der Waals surface area contributed by atoms with Crippen molar-refractivity contribution in [3.05, 3.63) is 33.4 Å². The number of sulfonamides is 1. The van der Waals surface area contributed by atoms with E-state index in [1.165, 1.54) is 6.92 Å². The summed E-state index contributed by atoms with van der Waals surface area (Å²) in [6.45, 7) is 1.22. The molecule has 1 rings (SSSR count). The number of carbonyl (C=O) groups excluding carboxylic acids is 1. The lowest BCUT2D eigenvalue weighted by atomic mass is 10.1. The third-order valence-corrected chi connectivity index (χ3v) is 3.16. The molecule has 0 radical (unpaired) electrons. The Labute approximate surface area is 96.4 Å². The van der Waals surface area contributed by atoms with Crippen molar-refractivity contribution in [3.8, 4) is 0 Å². The molecule has 0 atom stereocenters. The van der Waals surface area contributed by atoms with Crippen molar-refractivity contribution in [1.82, 2.24) is 0 Å². The highest BCUT2D eigenvalue weighted by Gasteiger charge is 2.23. The van der Waals surface area contributed by atoms with E-state index in [1.807, 2.05) is 0 Å². The molecule has 1 aromatic rings. The zero-order valence-corrected chi connectivity index (χ0v) is 9.52. The molecular formula is C8H9N3O5S. The van der Waals surface area contributed by atoms with Crippen LogP contribution in [0, 0.1) is 17.0 Å². The fourth-order valence-electron chi connectivity index (χ4n) is 1.30. The third kappa shape index (κ3) is 2.57. The molecule has 0 saturated carbocycles. The van der Waals surface area contributed by atoms with Crippen LogP contribution in [0.3, 0.4) is 0 Å². The summed E-state index contributed by atoms with van der Waals surface area (Å²) in [6.07, 6.45) is 0. The monoisotopic (exact) mass is 259 g/mol. The number of nitrogens with two attached hydrogens (primary N) is 2. The van der Waals surface area contributed by atoms with Gasteiger partial charge in [-0.2, -0.15) is 0 Å². The van der Waals surface area contributed by atoms with Crippen LogP contribution in [-0.2, 0) is 10.0 Å². The first kappa shape index (κ1) is 13.1. The number of hydrogen-bond acceptors (Lipinski definition) is 5. The van der Waals surface area contributed by atoms with E-state index < -0.39 is 31.4 Å². The zero-order valence-electron chi connectivity index (χ0n) is 8.71. The third-order valence-electron chi connectivity index (χ3n) is 2.12. The number of nitro benzene ring substituents is 1. The lowest BCUT2D eigenvalue weighted by Gasteiger charge is -2.06. The summed E-state index contributed by atoms with van der Waals surface area (Å²) in [5, 5.41) is 15.6. The number of primary sulfonamides is 1. The smallest absolute Gasteiger partial charge is 0.274 e. The number of primary amides is 1. The first-order valence-corrected chi connectivity index (χ1v) is 5.81. The Morgan fingerprint density at radius 2 is 1.94 bits per heavy atom. The minimum absolute atomic E-state index is 0.137. The summed E-state index contributed by atoms with van der Waals surface area (Å²) in [4.78, 5) is 20.3. The van der Waals surface area contributed by atoms with E-state index in [-0.39, 0.29) is 11.1 Å². The molecule has 0 unspecified atom stereocenters. The Morgan fingerprint density at radius 1 is 1.41 bits per heavy atom. The molecule has 0 bridgehead atoms. The highest BCUT2D eigenvalue weighted by atomic mass is 32.2. The van der Waals surface area contributed by atoms with E-state index in [4.69, 9.17) is 10.9 Å². The average molecular weight is 259 g/mol. The molecule has 0 heterocycles. The van der Waals surface area contributed by atoms with Crippen LogP contribution in [0.25, 0.3) is 0 Å². The first-order valence-electron chi connectivity index (χ1n) is 4.26. The average Bonchev–Trinajstić information content (AvgIpc) is 2.15. The summed E-state index contributed by atoms with van der Waals surface area (Å²) in [7, 11) is -4.16. The van der Waals surface area contributed by atoms with Crippen molar-refractivity contribution in [2.24, 2.45) is 10.9 Å². The van der Waals surface area contributed by atoms with Crippen LogP contribution in [0.15, 0.2) is 17.0 Å². The second kappa shape index (κ2) is 4.11. The Balaban J connectivity index is 3.73. The van der Waals surface area contributed by atoms with Gasteiger partial charge in [0.05, 0.1) is 9.82 Å². The molecular weight excluding hydrogens is 250 g/mol. The molecule has 0 saturated heterocycles. The van der Waals surface area contributed by atoms with Gasteiger partial charge in [0.25, 0.3) is 5.69 Å². The minimum atomic E-state index is -4.16. The van der Waals surface area contributed by atoms with Crippen molar-refractivity contribution in [1.29, 1.82) is 0 Å². The maximum Gasteiger partial charge on any atom is 0.274 e. The first-order chi connectivity index (χ1) is 7.64. The van der Waals surface area contributed by atoms with E-state index in [0.29, 0.717) is 0 Å². The normalized spacial score (nSPS) is 11.2. The summed E-state index contributed by atoms with van der Waals surface area (Å²) < 4.78 is 22.4. The van der Waals surface area contributed by atoms with Crippen molar-refractivity contribution in [2.45, 2.75) is 11.8 Å². The number of rotatable bonds is 3. The number of carbonyl (C=O) groups is 1. The molecule has 0 aliphatic rings. The lowest BCUT2D eigenvalue weighted by Crippen LogP contribution is -2.18. The van der Waals surface area contributed by atoms with E-state index in [0.717, 1.165) is 12.1 Å². The molecule has 0 fully saturated rings. The summed E-state index contributed by atoms with van der Waals surface area (Å²) in [6, 6.07) is 1.83. The van der Waals surface area contributed by atoms with Crippen LogP contribution in [-0.4, -0.2) is 19.2 Å². The van der Waals surface area contributed by atoms with Crippen molar-refractivity contribution in [3.63, 3.8) is 0 Å². The van der Waals surface area contributed by atoms with Gasteiger partial charge in [-0.1, -0.05) is 0 Å². The Morgan fingerprint density at radius 3 is 2.29 bits per heavy atom. The number of hydrogen-bond donors (Lipinski definition) is 2. The van der Waals surface area contributed by atoms with Crippen molar-refractivity contribution in [2.75, 3.05) is 0 Å². The van der Waals surface area contributed by atoms with Crippen LogP contribution in [0.2, 0.25) is 0 Å². The number of benzene rings is 1.